The van der Waals surface area contributed by atoms with Crippen LogP contribution in [0.3, 0.4) is 0 Å². The van der Waals surface area contributed by atoms with Gasteiger partial charge in [0.2, 0.25) is 5.89 Å². The zero-order chi connectivity index (χ0) is 14.7. The molecule has 0 unspecified atom stereocenters. The highest BCUT2D eigenvalue weighted by atomic mass is 35.5. The van der Waals surface area contributed by atoms with Crippen LogP contribution < -0.4 is 10.6 Å². The fraction of sp³-hybridized carbons (Fsp3) is 0.308. The van der Waals surface area contributed by atoms with Crippen LogP contribution >= 0.6 is 11.6 Å². The minimum atomic E-state index is -0.303. The van der Waals surface area contributed by atoms with Crippen molar-refractivity contribution in [2.45, 2.75) is 20.4 Å². The van der Waals surface area contributed by atoms with E-state index in [9.17, 15) is 4.79 Å². The van der Waals surface area contributed by atoms with Crippen LogP contribution in [-0.4, -0.2) is 22.9 Å². The second kappa shape index (κ2) is 5.92. The molecular formula is C13H15ClN4O2. The Labute approximate surface area is 121 Å². The zero-order valence-electron chi connectivity index (χ0n) is 11.5. The van der Waals surface area contributed by atoms with Crippen molar-refractivity contribution in [3.8, 4) is 0 Å². The molecule has 2 N–H and O–H groups in total. The van der Waals surface area contributed by atoms with Gasteiger partial charge in [-0.3, -0.25) is 4.79 Å². The average Bonchev–Trinajstić information content (AvgIpc) is 2.76. The smallest absolute Gasteiger partial charge is 0.253 e. The van der Waals surface area contributed by atoms with Crippen LogP contribution in [-0.2, 0) is 6.54 Å². The molecule has 0 aliphatic heterocycles. The quantitative estimate of drug-likeness (QED) is 0.904. The second-order valence-electron chi connectivity index (χ2n) is 4.23. The van der Waals surface area contributed by atoms with Crippen molar-refractivity contribution in [3.63, 3.8) is 0 Å². The number of anilines is 1. The molecular weight excluding hydrogens is 280 g/mol. The van der Waals surface area contributed by atoms with Crippen molar-refractivity contribution < 1.29 is 9.21 Å². The maximum absolute atomic E-state index is 12.1. The number of oxazole rings is 1. The predicted molar refractivity (Wildman–Crippen MR) is 75.9 cm³/mol. The molecule has 0 atom stereocenters. The summed E-state index contributed by atoms with van der Waals surface area (Å²) in [5.74, 6) is 1.48. The monoisotopic (exact) mass is 294 g/mol. The van der Waals surface area contributed by atoms with Gasteiger partial charge >= 0.3 is 0 Å². The Kier molecular flexibility index (Phi) is 4.24. The highest BCUT2D eigenvalue weighted by Gasteiger charge is 2.13. The second-order valence-corrected chi connectivity index (χ2v) is 4.64. The van der Waals surface area contributed by atoms with Gasteiger partial charge in [-0.2, -0.15) is 0 Å². The molecule has 20 heavy (non-hydrogen) atoms. The fourth-order valence-corrected chi connectivity index (χ4v) is 1.80. The van der Waals surface area contributed by atoms with E-state index in [-0.39, 0.29) is 12.5 Å². The summed E-state index contributed by atoms with van der Waals surface area (Å²) in [4.78, 5) is 20.3. The lowest BCUT2D eigenvalue weighted by Crippen LogP contribution is -2.23. The van der Waals surface area contributed by atoms with Gasteiger partial charge in [-0.1, -0.05) is 11.6 Å². The Bertz CT molecular complexity index is 620. The minimum absolute atomic E-state index is 0.209. The first kappa shape index (κ1) is 14.3. The summed E-state index contributed by atoms with van der Waals surface area (Å²) in [6, 6.07) is 1.59. The number of hydrogen-bond donors (Lipinski definition) is 2. The molecule has 0 fully saturated rings. The Balaban J connectivity index is 2.08. The molecule has 7 heteroatoms. The third-order valence-electron chi connectivity index (χ3n) is 2.83. The van der Waals surface area contributed by atoms with Crippen LogP contribution in [0.1, 0.15) is 27.7 Å². The molecule has 2 aromatic heterocycles. The number of aryl methyl sites for hydroxylation is 2. The van der Waals surface area contributed by atoms with Crippen molar-refractivity contribution in [2.75, 3.05) is 12.4 Å². The summed E-state index contributed by atoms with van der Waals surface area (Å²) in [6.45, 7) is 3.89. The van der Waals surface area contributed by atoms with E-state index in [0.717, 1.165) is 11.5 Å². The Morgan fingerprint density at radius 3 is 2.80 bits per heavy atom. The van der Waals surface area contributed by atoms with Gasteiger partial charge in [-0.25, -0.2) is 9.97 Å². The number of rotatable bonds is 4. The molecule has 0 saturated heterocycles. The summed E-state index contributed by atoms with van der Waals surface area (Å²) in [5, 5.41) is 5.86. The first-order chi connectivity index (χ1) is 9.51. The Hall–Kier alpha value is -2.08. The number of hydrogen-bond acceptors (Lipinski definition) is 5. The first-order valence-corrected chi connectivity index (χ1v) is 6.43. The van der Waals surface area contributed by atoms with E-state index in [4.69, 9.17) is 16.0 Å². The molecule has 0 radical (unpaired) electrons. The third-order valence-corrected chi connectivity index (χ3v) is 3.13. The third kappa shape index (κ3) is 3.08. The van der Waals surface area contributed by atoms with Crippen molar-refractivity contribution in [2.24, 2.45) is 0 Å². The SMILES string of the molecule is CNc1cc(C(=O)NCc2nc(C)c(C)o2)c(Cl)cn1. The molecule has 0 aliphatic rings. The fourth-order valence-electron chi connectivity index (χ4n) is 1.62. The largest absolute Gasteiger partial charge is 0.444 e. The highest BCUT2D eigenvalue weighted by Crippen LogP contribution is 2.18. The Morgan fingerprint density at radius 1 is 1.45 bits per heavy atom. The molecule has 106 valence electrons. The summed E-state index contributed by atoms with van der Waals surface area (Å²) < 4.78 is 5.39. The lowest BCUT2D eigenvalue weighted by molar-refractivity contribution is 0.0947. The van der Waals surface area contributed by atoms with Gasteiger partial charge in [0, 0.05) is 13.2 Å². The van der Waals surface area contributed by atoms with Crippen LogP contribution in [0.15, 0.2) is 16.7 Å². The topological polar surface area (TPSA) is 80.0 Å². The lowest BCUT2D eigenvalue weighted by Gasteiger charge is -2.06. The van der Waals surface area contributed by atoms with Gasteiger partial charge in [0.15, 0.2) is 0 Å². The molecule has 6 nitrogen and oxygen atoms in total. The standard InChI is InChI=1S/C13H15ClN4O2/c1-7-8(2)20-12(18-7)6-17-13(19)9-4-11(15-3)16-5-10(9)14/h4-5H,6H2,1-3H3,(H,15,16)(H,17,19). The van der Waals surface area contributed by atoms with E-state index in [0.29, 0.717) is 22.3 Å². The van der Waals surface area contributed by atoms with Crippen molar-refractivity contribution >= 4 is 23.3 Å². The maximum atomic E-state index is 12.1. The first-order valence-electron chi connectivity index (χ1n) is 6.05. The summed E-state index contributed by atoms with van der Waals surface area (Å²) in [5.41, 5.74) is 1.17. The van der Waals surface area contributed by atoms with Crippen LogP contribution in [0, 0.1) is 13.8 Å². The van der Waals surface area contributed by atoms with Crippen LogP contribution in [0.2, 0.25) is 5.02 Å². The molecule has 2 heterocycles. The van der Waals surface area contributed by atoms with Crippen LogP contribution in [0.25, 0.3) is 0 Å². The van der Waals surface area contributed by atoms with Crippen molar-refractivity contribution in [3.05, 3.63) is 40.2 Å². The molecule has 0 aromatic carbocycles. The number of nitrogens with one attached hydrogen (secondary N) is 2. The molecule has 0 aliphatic carbocycles. The molecule has 0 bridgehead atoms. The highest BCUT2D eigenvalue weighted by molar-refractivity contribution is 6.33. The van der Waals surface area contributed by atoms with Gasteiger partial charge < -0.3 is 15.1 Å². The van der Waals surface area contributed by atoms with Gasteiger partial charge in [0.1, 0.15) is 11.6 Å². The van der Waals surface area contributed by atoms with E-state index < -0.39 is 0 Å². The number of carbonyl (C=O) groups excluding carboxylic acids is 1. The molecule has 1 amide bonds. The van der Waals surface area contributed by atoms with Gasteiger partial charge in [-0.15, -0.1) is 0 Å². The maximum Gasteiger partial charge on any atom is 0.253 e. The van der Waals surface area contributed by atoms with Gasteiger partial charge in [0.25, 0.3) is 5.91 Å². The summed E-state index contributed by atoms with van der Waals surface area (Å²) in [6.07, 6.45) is 1.43. The van der Waals surface area contributed by atoms with Crippen molar-refractivity contribution in [1.82, 2.24) is 15.3 Å². The number of aromatic nitrogens is 2. The normalized spacial score (nSPS) is 10.4. The van der Waals surface area contributed by atoms with E-state index in [1.807, 2.05) is 13.8 Å². The molecule has 2 rings (SSSR count). The average molecular weight is 295 g/mol. The Morgan fingerprint density at radius 2 is 2.20 bits per heavy atom. The number of amides is 1. The van der Waals surface area contributed by atoms with Crippen LogP contribution in [0.5, 0.6) is 0 Å². The molecule has 2 aromatic rings. The van der Waals surface area contributed by atoms with E-state index >= 15 is 0 Å². The zero-order valence-corrected chi connectivity index (χ0v) is 12.2. The van der Waals surface area contributed by atoms with E-state index in [1.54, 1.807) is 13.1 Å². The van der Waals surface area contributed by atoms with Crippen LogP contribution in [0.4, 0.5) is 5.82 Å². The van der Waals surface area contributed by atoms with E-state index in [2.05, 4.69) is 20.6 Å². The summed E-state index contributed by atoms with van der Waals surface area (Å²) in [7, 11) is 1.72. The molecule has 0 spiro atoms. The minimum Gasteiger partial charge on any atom is -0.444 e. The summed E-state index contributed by atoms with van der Waals surface area (Å²) >= 11 is 5.97. The predicted octanol–water partition coefficient (Wildman–Crippen LogP) is 2.31. The number of pyridine rings is 1. The van der Waals surface area contributed by atoms with Gasteiger partial charge in [-0.05, 0) is 19.9 Å². The number of nitrogens with zero attached hydrogens (tertiary/aromatic N) is 2. The van der Waals surface area contributed by atoms with Crippen molar-refractivity contribution in [1.29, 1.82) is 0 Å². The van der Waals surface area contributed by atoms with Gasteiger partial charge in [0.05, 0.1) is 22.8 Å². The number of halogens is 1. The lowest BCUT2D eigenvalue weighted by atomic mass is 10.2. The number of carbonyl (C=O) groups is 1. The molecule has 0 saturated carbocycles. The van der Waals surface area contributed by atoms with E-state index in [1.165, 1.54) is 6.20 Å².